The van der Waals surface area contributed by atoms with Crippen LogP contribution < -0.4 is 5.32 Å². The Bertz CT molecular complexity index is 821. The maximum absolute atomic E-state index is 9.29. The summed E-state index contributed by atoms with van der Waals surface area (Å²) in [6, 6.07) is 21.7. The summed E-state index contributed by atoms with van der Waals surface area (Å²) in [6.07, 6.45) is 0. The predicted octanol–water partition coefficient (Wildman–Crippen LogP) is 3.72. The second-order valence-corrected chi connectivity index (χ2v) is 4.71. The zero-order valence-corrected chi connectivity index (χ0v) is 12.1. The van der Waals surface area contributed by atoms with Crippen molar-refractivity contribution in [2.24, 2.45) is 0 Å². The molecule has 0 aliphatic carbocycles. The summed E-state index contributed by atoms with van der Waals surface area (Å²) in [5, 5.41) is 12.2. The molecule has 3 rings (SSSR count). The van der Waals surface area contributed by atoms with Crippen LogP contribution in [0.25, 0.3) is 22.5 Å². The van der Waals surface area contributed by atoms with Gasteiger partial charge in [0.2, 0.25) is 0 Å². The van der Waals surface area contributed by atoms with Crippen LogP contribution in [0.4, 0.5) is 5.82 Å². The Balaban J connectivity index is 2.29. The zero-order chi connectivity index (χ0) is 15.4. The van der Waals surface area contributed by atoms with Crippen molar-refractivity contribution >= 4 is 5.82 Å². The molecule has 0 fully saturated rings. The number of benzene rings is 2. The first-order valence-corrected chi connectivity index (χ1v) is 6.94. The molecule has 4 heteroatoms. The second kappa shape index (κ2) is 6.06. The summed E-state index contributed by atoms with van der Waals surface area (Å²) in [4.78, 5) is 9.13. The molecule has 1 heterocycles. The Morgan fingerprint density at radius 3 is 1.77 bits per heavy atom. The van der Waals surface area contributed by atoms with Gasteiger partial charge in [0.05, 0.1) is 11.4 Å². The van der Waals surface area contributed by atoms with E-state index in [1.807, 2.05) is 60.7 Å². The van der Waals surface area contributed by atoms with Gasteiger partial charge in [-0.15, -0.1) is 0 Å². The van der Waals surface area contributed by atoms with Gasteiger partial charge in [0.15, 0.2) is 11.5 Å². The van der Waals surface area contributed by atoms with Crippen molar-refractivity contribution in [2.45, 2.75) is 0 Å². The number of aromatic nitrogens is 2. The van der Waals surface area contributed by atoms with Crippen molar-refractivity contribution in [3.05, 3.63) is 66.4 Å². The molecule has 22 heavy (non-hydrogen) atoms. The molecule has 0 unspecified atom stereocenters. The minimum atomic E-state index is 0.293. The molecule has 0 amide bonds. The van der Waals surface area contributed by atoms with Crippen molar-refractivity contribution in [1.29, 1.82) is 5.26 Å². The maximum atomic E-state index is 9.29. The van der Waals surface area contributed by atoms with E-state index in [0.29, 0.717) is 17.2 Å². The van der Waals surface area contributed by atoms with Crippen LogP contribution in [0.1, 0.15) is 5.69 Å². The highest BCUT2D eigenvalue weighted by Crippen LogP contribution is 2.30. The molecule has 0 aliphatic heterocycles. The van der Waals surface area contributed by atoms with E-state index in [2.05, 4.69) is 21.4 Å². The number of rotatable bonds is 3. The molecule has 0 saturated carbocycles. The molecule has 3 aromatic rings. The van der Waals surface area contributed by atoms with Crippen LogP contribution in [0.15, 0.2) is 60.7 Å². The predicted molar refractivity (Wildman–Crippen MR) is 87.2 cm³/mol. The van der Waals surface area contributed by atoms with Crippen molar-refractivity contribution in [2.75, 3.05) is 12.4 Å². The largest absolute Gasteiger partial charge is 0.371 e. The Morgan fingerprint density at radius 2 is 1.32 bits per heavy atom. The van der Waals surface area contributed by atoms with Gasteiger partial charge in [0, 0.05) is 18.2 Å². The topological polar surface area (TPSA) is 61.6 Å². The first-order chi connectivity index (χ1) is 10.8. The molecule has 4 nitrogen and oxygen atoms in total. The second-order valence-electron chi connectivity index (χ2n) is 4.71. The van der Waals surface area contributed by atoms with E-state index in [1.165, 1.54) is 0 Å². The van der Waals surface area contributed by atoms with Gasteiger partial charge in [-0.3, -0.25) is 0 Å². The lowest BCUT2D eigenvalue weighted by molar-refractivity contribution is 1.16. The Labute approximate surface area is 129 Å². The molecule has 0 radical (unpaired) electrons. The molecule has 1 aromatic heterocycles. The van der Waals surface area contributed by atoms with Gasteiger partial charge in [-0.2, -0.15) is 5.26 Å². The monoisotopic (exact) mass is 286 g/mol. The normalized spacial score (nSPS) is 10.0. The van der Waals surface area contributed by atoms with E-state index in [0.717, 1.165) is 16.8 Å². The van der Waals surface area contributed by atoms with Crippen LogP contribution in [-0.4, -0.2) is 17.0 Å². The molecular formula is C18H14N4. The number of nitrogens with one attached hydrogen (secondary N) is 1. The average molecular weight is 286 g/mol. The maximum Gasteiger partial charge on any atom is 0.183 e. The Kier molecular flexibility index (Phi) is 3.80. The van der Waals surface area contributed by atoms with Gasteiger partial charge in [-0.1, -0.05) is 60.7 Å². The smallest absolute Gasteiger partial charge is 0.183 e. The minimum Gasteiger partial charge on any atom is -0.371 e. The van der Waals surface area contributed by atoms with Crippen LogP contribution in [0.5, 0.6) is 0 Å². The summed E-state index contributed by atoms with van der Waals surface area (Å²) < 4.78 is 0. The summed E-state index contributed by atoms with van der Waals surface area (Å²) in [5.74, 6) is 0.487. The molecule has 106 valence electrons. The van der Waals surface area contributed by atoms with Gasteiger partial charge in [-0.25, -0.2) is 9.97 Å². The van der Waals surface area contributed by atoms with E-state index >= 15 is 0 Å². The first-order valence-electron chi connectivity index (χ1n) is 6.94. The zero-order valence-electron chi connectivity index (χ0n) is 12.1. The summed E-state index contributed by atoms with van der Waals surface area (Å²) in [6.45, 7) is 0. The Hall–Kier alpha value is -3.19. The minimum absolute atomic E-state index is 0.293. The summed E-state index contributed by atoms with van der Waals surface area (Å²) >= 11 is 0. The molecule has 2 aromatic carbocycles. The number of hydrogen-bond acceptors (Lipinski definition) is 4. The highest BCUT2D eigenvalue weighted by molar-refractivity contribution is 5.79. The van der Waals surface area contributed by atoms with Crippen molar-refractivity contribution in [3.63, 3.8) is 0 Å². The molecule has 0 aliphatic rings. The van der Waals surface area contributed by atoms with E-state index in [4.69, 9.17) is 0 Å². The standard InChI is InChI=1S/C18H14N4/c1-20-18-15(12-19)21-16(13-8-4-2-5-9-13)17(22-18)14-10-6-3-7-11-14/h2-11H,1H3,(H,20,22). The van der Waals surface area contributed by atoms with Gasteiger partial charge in [0.25, 0.3) is 0 Å². The van der Waals surface area contributed by atoms with E-state index in [1.54, 1.807) is 7.05 Å². The number of anilines is 1. The quantitative estimate of drug-likeness (QED) is 0.797. The molecule has 0 atom stereocenters. The van der Waals surface area contributed by atoms with Crippen LogP contribution >= 0.6 is 0 Å². The van der Waals surface area contributed by atoms with Gasteiger partial charge >= 0.3 is 0 Å². The average Bonchev–Trinajstić information content (AvgIpc) is 2.62. The molecule has 0 bridgehead atoms. The van der Waals surface area contributed by atoms with Crippen LogP contribution in [0.2, 0.25) is 0 Å². The third kappa shape index (κ3) is 2.52. The van der Waals surface area contributed by atoms with Crippen molar-refractivity contribution < 1.29 is 0 Å². The molecular weight excluding hydrogens is 272 g/mol. The molecule has 0 saturated heterocycles. The molecule has 0 spiro atoms. The highest BCUT2D eigenvalue weighted by atomic mass is 15.0. The number of hydrogen-bond donors (Lipinski definition) is 1. The fourth-order valence-corrected chi connectivity index (χ4v) is 2.28. The van der Waals surface area contributed by atoms with Gasteiger partial charge in [0.1, 0.15) is 6.07 Å². The lowest BCUT2D eigenvalue weighted by atomic mass is 10.0. The number of nitrogens with zero attached hydrogens (tertiary/aromatic N) is 3. The van der Waals surface area contributed by atoms with Gasteiger partial charge < -0.3 is 5.32 Å². The third-order valence-electron chi connectivity index (χ3n) is 3.33. The first kappa shape index (κ1) is 13.8. The highest BCUT2D eigenvalue weighted by Gasteiger charge is 2.15. The van der Waals surface area contributed by atoms with Crippen molar-refractivity contribution in [3.8, 4) is 28.6 Å². The van der Waals surface area contributed by atoms with Crippen LogP contribution in [0, 0.1) is 11.3 Å². The van der Waals surface area contributed by atoms with E-state index < -0.39 is 0 Å². The lowest BCUT2D eigenvalue weighted by Gasteiger charge is -2.11. The van der Waals surface area contributed by atoms with Gasteiger partial charge in [-0.05, 0) is 0 Å². The SMILES string of the molecule is CNc1nc(-c2ccccc2)c(-c2ccccc2)nc1C#N. The number of nitriles is 1. The Morgan fingerprint density at radius 1 is 0.818 bits per heavy atom. The summed E-state index contributed by atoms with van der Waals surface area (Å²) in [5.41, 5.74) is 3.67. The third-order valence-corrected chi connectivity index (χ3v) is 3.33. The fraction of sp³-hybridized carbons (Fsp3) is 0.0556. The van der Waals surface area contributed by atoms with Crippen LogP contribution in [-0.2, 0) is 0 Å². The fourth-order valence-electron chi connectivity index (χ4n) is 2.28. The van der Waals surface area contributed by atoms with Crippen LogP contribution in [0.3, 0.4) is 0 Å². The van der Waals surface area contributed by atoms with E-state index in [-0.39, 0.29) is 0 Å². The van der Waals surface area contributed by atoms with E-state index in [9.17, 15) is 5.26 Å². The lowest BCUT2D eigenvalue weighted by Crippen LogP contribution is -2.03. The molecule has 1 N–H and O–H groups in total. The van der Waals surface area contributed by atoms with Crippen molar-refractivity contribution in [1.82, 2.24) is 9.97 Å². The summed E-state index contributed by atoms with van der Waals surface area (Å²) in [7, 11) is 1.74.